The number of aromatic amines is 1. The van der Waals surface area contributed by atoms with E-state index in [0.717, 1.165) is 25.8 Å². The molecule has 150 valence electrons. The Morgan fingerprint density at radius 2 is 2.10 bits per heavy atom. The fourth-order valence-electron chi connectivity index (χ4n) is 5.13. The van der Waals surface area contributed by atoms with Gasteiger partial charge in [-0.1, -0.05) is 30.3 Å². The van der Waals surface area contributed by atoms with Gasteiger partial charge in [-0.05, 0) is 49.6 Å². The highest BCUT2D eigenvalue weighted by atomic mass is 19.1. The molecule has 2 aliphatic heterocycles. The molecule has 2 fully saturated rings. The number of aromatic nitrogens is 2. The number of benzene rings is 2. The number of imidazole rings is 1. The second-order valence-electron chi connectivity index (χ2n) is 8.26. The topological polar surface area (TPSA) is 52.2 Å². The minimum absolute atomic E-state index is 0.00882. The van der Waals surface area contributed by atoms with E-state index in [1.54, 1.807) is 11.0 Å². The van der Waals surface area contributed by atoms with E-state index >= 15 is 0 Å². The fourth-order valence-corrected chi connectivity index (χ4v) is 5.13. The lowest BCUT2D eigenvalue weighted by atomic mass is 9.93. The summed E-state index contributed by atoms with van der Waals surface area (Å²) in [4.78, 5) is 25.3. The number of rotatable bonds is 4. The average Bonchev–Trinajstić information content (AvgIpc) is 3.42. The molecular formula is C23H25FN4O. The summed E-state index contributed by atoms with van der Waals surface area (Å²) in [6.07, 6.45) is 3.09. The van der Waals surface area contributed by atoms with Crippen LogP contribution in [-0.2, 0) is 11.3 Å². The predicted molar refractivity (Wildman–Crippen MR) is 110 cm³/mol. The molecule has 2 aliphatic rings. The van der Waals surface area contributed by atoms with Gasteiger partial charge in [0.05, 0.1) is 23.5 Å². The SMILES string of the molecule is CN(Cc1nc2ccc(F)cc2[nH]1)C(=O)[C@@H]1C[C@H](c2ccccc2)N2CCC[C@@H]12. The third-order valence-electron chi connectivity index (χ3n) is 6.44. The largest absolute Gasteiger partial charge is 0.340 e. The van der Waals surface area contributed by atoms with E-state index in [4.69, 9.17) is 0 Å². The molecule has 0 bridgehead atoms. The Bertz CT molecular complexity index is 1030. The lowest BCUT2D eigenvalue weighted by molar-refractivity contribution is -0.135. The number of carbonyl (C=O) groups is 1. The van der Waals surface area contributed by atoms with Crippen LogP contribution in [0.2, 0.25) is 0 Å². The molecule has 3 aromatic rings. The number of nitrogens with zero attached hydrogens (tertiary/aromatic N) is 3. The van der Waals surface area contributed by atoms with Crippen molar-refractivity contribution < 1.29 is 9.18 Å². The summed E-state index contributed by atoms with van der Waals surface area (Å²) >= 11 is 0. The van der Waals surface area contributed by atoms with Crippen molar-refractivity contribution in [3.8, 4) is 0 Å². The van der Waals surface area contributed by atoms with E-state index in [-0.39, 0.29) is 17.6 Å². The van der Waals surface area contributed by atoms with Gasteiger partial charge in [-0.25, -0.2) is 9.37 Å². The number of halogens is 1. The van der Waals surface area contributed by atoms with Gasteiger partial charge in [0.25, 0.3) is 0 Å². The maximum absolute atomic E-state index is 13.4. The van der Waals surface area contributed by atoms with Crippen LogP contribution in [0.3, 0.4) is 0 Å². The fraction of sp³-hybridized carbons (Fsp3) is 0.391. The quantitative estimate of drug-likeness (QED) is 0.733. The lowest BCUT2D eigenvalue weighted by Crippen LogP contribution is -2.38. The van der Waals surface area contributed by atoms with Crippen molar-refractivity contribution in [1.82, 2.24) is 19.8 Å². The summed E-state index contributed by atoms with van der Waals surface area (Å²) in [5, 5.41) is 0. The van der Waals surface area contributed by atoms with Crippen LogP contribution in [0, 0.1) is 11.7 Å². The third-order valence-corrected chi connectivity index (χ3v) is 6.44. The van der Waals surface area contributed by atoms with Gasteiger partial charge in [0.15, 0.2) is 0 Å². The van der Waals surface area contributed by atoms with E-state index < -0.39 is 0 Å². The molecule has 1 amide bonds. The zero-order valence-electron chi connectivity index (χ0n) is 16.5. The van der Waals surface area contributed by atoms with Crippen molar-refractivity contribution >= 4 is 16.9 Å². The number of amides is 1. The summed E-state index contributed by atoms with van der Waals surface area (Å²) in [6.45, 7) is 1.46. The Hall–Kier alpha value is -2.73. The lowest BCUT2D eigenvalue weighted by Gasteiger charge is -2.25. The minimum Gasteiger partial charge on any atom is -0.340 e. The van der Waals surface area contributed by atoms with Crippen molar-refractivity contribution in [2.75, 3.05) is 13.6 Å². The van der Waals surface area contributed by atoms with Gasteiger partial charge in [-0.15, -0.1) is 0 Å². The number of fused-ring (bicyclic) bond motifs is 2. The van der Waals surface area contributed by atoms with Crippen LogP contribution in [-0.4, -0.2) is 45.3 Å². The number of nitrogens with one attached hydrogen (secondary N) is 1. The molecule has 0 radical (unpaired) electrons. The van der Waals surface area contributed by atoms with Gasteiger partial charge in [-0.3, -0.25) is 9.69 Å². The van der Waals surface area contributed by atoms with Crippen LogP contribution in [0.25, 0.3) is 11.0 Å². The van der Waals surface area contributed by atoms with Crippen LogP contribution in [0.5, 0.6) is 0 Å². The molecule has 2 aromatic carbocycles. The second kappa shape index (κ2) is 7.26. The molecule has 2 saturated heterocycles. The van der Waals surface area contributed by atoms with E-state index in [1.807, 2.05) is 13.1 Å². The molecule has 0 aliphatic carbocycles. The highest BCUT2D eigenvalue weighted by Crippen LogP contribution is 2.45. The first-order valence-corrected chi connectivity index (χ1v) is 10.3. The molecular weight excluding hydrogens is 367 g/mol. The molecule has 0 spiro atoms. The molecule has 0 unspecified atom stereocenters. The Balaban J connectivity index is 1.33. The zero-order chi connectivity index (χ0) is 20.0. The third kappa shape index (κ3) is 3.31. The van der Waals surface area contributed by atoms with Crippen LogP contribution >= 0.6 is 0 Å². The van der Waals surface area contributed by atoms with Crippen molar-refractivity contribution in [3.63, 3.8) is 0 Å². The Morgan fingerprint density at radius 1 is 1.28 bits per heavy atom. The second-order valence-corrected chi connectivity index (χ2v) is 8.26. The van der Waals surface area contributed by atoms with Gasteiger partial charge in [0.1, 0.15) is 11.6 Å². The van der Waals surface area contributed by atoms with Crippen LogP contribution in [0.15, 0.2) is 48.5 Å². The number of hydrogen-bond acceptors (Lipinski definition) is 3. The molecule has 5 rings (SSSR count). The summed E-state index contributed by atoms with van der Waals surface area (Å²) in [7, 11) is 1.84. The Morgan fingerprint density at radius 3 is 2.93 bits per heavy atom. The van der Waals surface area contributed by atoms with Gasteiger partial charge in [0.2, 0.25) is 5.91 Å². The van der Waals surface area contributed by atoms with Crippen molar-refractivity contribution in [1.29, 1.82) is 0 Å². The maximum atomic E-state index is 13.4. The molecule has 1 N–H and O–H groups in total. The summed E-state index contributed by atoms with van der Waals surface area (Å²) in [5.41, 5.74) is 2.68. The van der Waals surface area contributed by atoms with Crippen molar-refractivity contribution in [2.24, 2.45) is 5.92 Å². The standard InChI is InChI=1S/C23H25FN4O/c1-27(14-22-25-18-10-9-16(24)12-19(18)26-22)23(29)17-13-21(15-6-3-2-4-7-15)28-11-5-8-20(17)28/h2-4,6-7,9-10,12,17,20-21H,5,8,11,13-14H2,1H3,(H,25,26)/t17-,20+,21-/m1/s1. The highest BCUT2D eigenvalue weighted by Gasteiger charge is 2.47. The smallest absolute Gasteiger partial charge is 0.227 e. The summed E-state index contributed by atoms with van der Waals surface area (Å²) in [5.74, 6) is 0.570. The van der Waals surface area contributed by atoms with Gasteiger partial charge in [-0.2, -0.15) is 0 Å². The number of carbonyl (C=O) groups excluding carboxylic acids is 1. The van der Waals surface area contributed by atoms with Crippen LogP contribution in [0.4, 0.5) is 4.39 Å². The van der Waals surface area contributed by atoms with Crippen molar-refractivity contribution in [2.45, 2.75) is 37.9 Å². The average molecular weight is 392 g/mol. The zero-order valence-corrected chi connectivity index (χ0v) is 16.5. The summed E-state index contributed by atoms with van der Waals surface area (Å²) in [6, 6.07) is 15.7. The van der Waals surface area contributed by atoms with E-state index in [1.165, 1.54) is 17.7 Å². The Labute approximate surface area is 169 Å². The number of H-pyrrole nitrogens is 1. The van der Waals surface area contributed by atoms with E-state index in [9.17, 15) is 9.18 Å². The maximum Gasteiger partial charge on any atom is 0.227 e. The highest BCUT2D eigenvalue weighted by molar-refractivity contribution is 5.80. The van der Waals surface area contributed by atoms with Crippen molar-refractivity contribution in [3.05, 3.63) is 65.7 Å². The monoisotopic (exact) mass is 392 g/mol. The first kappa shape index (κ1) is 18.3. The molecule has 0 saturated carbocycles. The normalized spacial score (nSPS) is 24.1. The molecule has 1 aromatic heterocycles. The van der Waals surface area contributed by atoms with Gasteiger partial charge >= 0.3 is 0 Å². The molecule has 6 heteroatoms. The summed E-state index contributed by atoms with van der Waals surface area (Å²) < 4.78 is 13.4. The molecule has 5 nitrogen and oxygen atoms in total. The van der Waals surface area contributed by atoms with Crippen LogP contribution in [0.1, 0.15) is 36.7 Å². The van der Waals surface area contributed by atoms with Crippen LogP contribution < -0.4 is 0 Å². The predicted octanol–water partition coefficient (Wildman–Crippen LogP) is 3.89. The molecule has 3 heterocycles. The van der Waals surface area contributed by atoms with E-state index in [2.05, 4.69) is 39.1 Å². The molecule has 29 heavy (non-hydrogen) atoms. The minimum atomic E-state index is -0.295. The van der Waals surface area contributed by atoms with Gasteiger partial charge < -0.3 is 9.88 Å². The first-order chi connectivity index (χ1) is 14.1. The first-order valence-electron chi connectivity index (χ1n) is 10.3. The number of hydrogen-bond donors (Lipinski definition) is 1. The van der Waals surface area contributed by atoms with E-state index in [0.29, 0.717) is 35.5 Å². The molecule has 3 atom stereocenters. The Kier molecular flexibility index (Phi) is 4.59. The van der Waals surface area contributed by atoms with Gasteiger partial charge in [0, 0.05) is 19.1 Å².